The van der Waals surface area contributed by atoms with Crippen LogP contribution in [0.5, 0.6) is 0 Å². The molecule has 4 nitrogen and oxygen atoms in total. The third-order valence-corrected chi connectivity index (χ3v) is 3.32. The van der Waals surface area contributed by atoms with Crippen molar-refractivity contribution in [2.24, 2.45) is 0 Å². The highest BCUT2D eigenvalue weighted by molar-refractivity contribution is 5.99. The first-order chi connectivity index (χ1) is 10.4. The quantitative estimate of drug-likeness (QED) is 0.907. The zero-order chi connectivity index (χ0) is 16.3. The van der Waals surface area contributed by atoms with Gasteiger partial charge in [0, 0.05) is 11.6 Å². The van der Waals surface area contributed by atoms with Crippen LogP contribution >= 0.6 is 0 Å². The van der Waals surface area contributed by atoms with E-state index in [9.17, 15) is 14.7 Å². The van der Waals surface area contributed by atoms with Crippen molar-refractivity contribution in [1.82, 2.24) is 5.32 Å². The van der Waals surface area contributed by atoms with Gasteiger partial charge in [-0.25, -0.2) is 4.79 Å². The number of rotatable bonds is 4. The lowest BCUT2D eigenvalue weighted by atomic mass is 9.96. The zero-order valence-electron chi connectivity index (χ0n) is 12.9. The maximum atomic E-state index is 12.2. The smallest absolute Gasteiger partial charge is 0.335 e. The normalized spacial score (nSPS) is 10.5. The Labute approximate surface area is 129 Å². The molecular weight excluding hydrogens is 278 g/mol. The summed E-state index contributed by atoms with van der Waals surface area (Å²) in [4.78, 5) is 23.5. The molecule has 0 heterocycles. The Balaban J connectivity index is 2.55. The summed E-state index contributed by atoms with van der Waals surface area (Å²) in [6.07, 6.45) is 0. The summed E-state index contributed by atoms with van der Waals surface area (Å²) in [5.41, 5.74) is 3.14. The molecule has 114 valence electrons. The number of nitrogens with one attached hydrogen (secondary N) is 1. The van der Waals surface area contributed by atoms with E-state index in [1.165, 1.54) is 6.07 Å². The Hall–Kier alpha value is -2.62. The van der Waals surface area contributed by atoms with Crippen molar-refractivity contribution < 1.29 is 14.7 Å². The highest BCUT2D eigenvalue weighted by Crippen LogP contribution is 2.25. The van der Waals surface area contributed by atoms with Crippen molar-refractivity contribution in [3.63, 3.8) is 0 Å². The number of amides is 1. The van der Waals surface area contributed by atoms with Gasteiger partial charge in [0.2, 0.25) is 0 Å². The molecule has 2 aromatic carbocycles. The summed E-state index contributed by atoms with van der Waals surface area (Å²) < 4.78 is 0. The number of carboxylic acid groups (broad SMARTS) is 1. The fraction of sp³-hybridized carbons (Fsp3) is 0.222. The van der Waals surface area contributed by atoms with Crippen LogP contribution in [-0.4, -0.2) is 23.0 Å². The van der Waals surface area contributed by atoms with Gasteiger partial charge in [-0.2, -0.15) is 0 Å². The van der Waals surface area contributed by atoms with Crippen molar-refractivity contribution in [3.8, 4) is 11.1 Å². The average molecular weight is 297 g/mol. The second-order valence-electron chi connectivity index (χ2n) is 5.55. The van der Waals surface area contributed by atoms with E-state index in [4.69, 9.17) is 0 Å². The van der Waals surface area contributed by atoms with Gasteiger partial charge in [0.05, 0.1) is 5.56 Å². The number of aryl methyl sites for hydroxylation is 1. The van der Waals surface area contributed by atoms with Crippen LogP contribution in [0, 0.1) is 6.92 Å². The second kappa shape index (κ2) is 6.43. The van der Waals surface area contributed by atoms with Crippen LogP contribution in [0.15, 0.2) is 42.5 Å². The van der Waals surface area contributed by atoms with Gasteiger partial charge in [-0.15, -0.1) is 0 Å². The highest BCUT2D eigenvalue weighted by Gasteiger charge is 2.14. The molecule has 1 amide bonds. The molecule has 0 bridgehead atoms. The van der Waals surface area contributed by atoms with E-state index in [2.05, 4.69) is 5.32 Å². The fourth-order valence-electron chi connectivity index (χ4n) is 2.28. The lowest BCUT2D eigenvalue weighted by Gasteiger charge is -2.12. The van der Waals surface area contributed by atoms with E-state index < -0.39 is 5.97 Å². The molecule has 0 aliphatic heterocycles. The van der Waals surface area contributed by atoms with Crippen LogP contribution in [0.4, 0.5) is 0 Å². The number of carbonyl (C=O) groups is 2. The molecule has 0 aromatic heterocycles. The molecule has 22 heavy (non-hydrogen) atoms. The maximum absolute atomic E-state index is 12.2. The van der Waals surface area contributed by atoms with Crippen molar-refractivity contribution in [2.45, 2.75) is 26.8 Å². The van der Waals surface area contributed by atoms with Crippen LogP contribution in [0.25, 0.3) is 11.1 Å². The molecule has 0 radical (unpaired) electrons. The van der Waals surface area contributed by atoms with E-state index >= 15 is 0 Å². The lowest BCUT2D eigenvalue weighted by molar-refractivity contribution is 0.0697. The molecule has 0 aliphatic carbocycles. The summed E-state index contributed by atoms with van der Waals surface area (Å²) in [5.74, 6) is -1.32. The highest BCUT2D eigenvalue weighted by atomic mass is 16.4. The largest absolute Gasteiger partial charge is 0.478 e. The molecule has 0 saturated carbocycles. The van der Waals surface area contributed by atoms with E-state index in [1.54, 1.807) is 12.1 Å². The van der Waals surface area contributed by atoms with E-state index in [1.807, 2.05) is 45.0 Å². The number of carbonyl (C=O) groups excluding carboxylic acids is 1. The summed E-state index contributed by atoms with van der Waals surface area (Å²) in [6, 6.07) is 12.4. The molecule has 2 aromatic rings. The summed E-state index contributed by atoms with van der Waals surface area (Å²) in [5, 5.41) is 12.1. The number of carboxylic acids is 1. The van der Waals surface area contributed by atoms with Crippen LogP contribution in [0.3, 0.4) is 0 Å². The van der Waals surface area contributed by atoms with Crippen LogP contribution in [0.2, 0.25) is 0 Å². The van der Waals surface area contributed by atoms with Crippen molar-refractivity contribution >= 4 is 11.9 Å². The molecule has 4 heteroatoms. The third kappa shape index (κ3) is 3.52. The van der Waals surface area contributed by atoms with Crippen molar-refractivity contribution in [1.29, 1.82) is 0 Å². The molecule has 2 rings (SSSR count). The summed E-state index contributed by atoms with van der Waals surface area (Å²) >= 11 is 0. The van der Waals surface area contributed by atoms with Gasteiger partial charge in [-0.3, -0.25) is 4.79 Å². The standard InChI is InChI=1S/C18H19NO3/c1-11(2)19-17(20)14-8-13(9-15(10-14)18(21)22)16-7-5-4-6-12(16)3/h4-11H,1-3H3,(H,19,20)(H,21,22). The molecule has 0 saturated heterocycles. The molecule has 0 spiro atoms. The number of hydrogen-bond acceptors (Lipinski definition) is 2. The molecule has 0 atom stereocenters. The van der Waals surface area contributed by atoms with Gasteiger partial charge in [-0.1, -0.05) is 24.3 Å². The van der Waals surface area contributed by atoms with Gasteiger partial charge in [0.15, 0.2) is 0 Å². The summed E-state index contributed by atoms with van der Waals surface area (Å²) in [6.45, 7) is 5.68. The van der Waals surface area contributed by atoms with E-state index in [-0.39, 0.29) is 17.5 Å². The Kier molecular flexibility index (Phi) is 4.61. The summed E-state index contributed by atoms with van der Waals surface area (Å²) in [7, 11) is 0. The predicted molar refractivity (Wildman–Crippen MR) is 86.2 cm³/mol. The number of hydrogen-bond donors (Lipinski definition) is 2. The second-order valence-corrected chi connectivity index (χ2v) is 5.55. The van der Waals surface area contributed by atoms with E-state index in [0.717, 1.165) is 16.7 Å². The Bertz CT molecular complexity index is 720. The first kappa shape index (κ1) is 15.8. The molecule has 2 N–H and O–H groups in total. The number of benzene rings is 2. The fourth-order valence-corrected chi connectivity index (χ4v) is 2.28. The third-order valence-electron chi connectivity index (χ3n) is 3.32. The first-order valence-electron chi connectivity index (χ1n) is 7.13. The minimum absolute atomic E-state index is 0.0112. The Morgan fingerprint density at radius 2 is 1.68 bits per heavy atom. The van der Waals surface area contributed by atoms with Gasteiger partial charge in [-0.05, 0) is 55.7 Å². The van der Waals surface area contributed by atoms with Crippen molar-refractivity contribution in [3.05, 3.63) is 59.2 Å². The Morgan fingerprint density at radius 1 is 1.05 bits per heavy atom. The lowest BCUT2D eigenvalue weighted by Crippen LogP contribution is -2.30. The van der Waals surface area contributed by atoms with Crippen LogP contribution in [0.1, 0.15) is 40.1 Å². The Morgan fingerprint density at radius 3 is 2.27 bits per heavy atom. The molecule has 0 fully saturated rings. The first-order valence-corrected chi connectivity index (χ1v) is 7.13. The minimum atomic E-state index is -1.05. The van der Waals surface area contributed by atoms with Gasteiger partial charge in [0.1, 0.15) is 0 Å². The average Bonchev–Trinajstić information content (AvgIpc) is 2.46. The van der Waals surface area contributed by atoms with Crippen LogP contribution < -0.4 is 5.32 Å². The van der Waals surface area contributed by atoms with Crippen LogP contribution in [-0.2, 0) is 0 Å². The SMILES string of the molecule is Cc1ccccc1-c1cc(C(=O)O)cc(C(=O)NC(C)C)c1. The van der Waals surface area contributed by atoms with Gasteiger partial charge in [0.25, 0.3) is 5.91 Å². The predicted octanol–water partition coefficient (Wildman–Crippen LogP) is 3.50. The molecule has 0 aliphatic rings. The molecule has 0 unspecified atom stereocenters. The van der Waals surface area contributed by atoms with Gasteiger partial charge >= 0.3 is 5.97 Å². The van der Waals surface area contributed by atoms with Crippen molar-refractivity contribution in [2.75, 3.05) is 0 Å². The number of aromatic carboxylic acids is 1. The maximum Gasteiger partial charge on any atom is 0.335 e. The monoisotopic (exact) mass is 297 g/mol. The van der Waals surface area contributed by atoms with E-state index in [0.29, 0.717) is 5.56 Å². The molecular formula is C18H19NO3. The van der Waals surface area contributed by atoms with Gasteiger partial charge < -0.3 is 10.4 Å². The topological polar surface area (TPSA) is 66.4 Å². The zero-order valence-corrected chi connectivity index (χ0v) is 12.9. The minimum Gasteiger partial charge on any atom is -0.478 e.